The lowest BCUT2D eigenvalue weighted by Crippen LogP contribution is -2.60. The zero-order valence-corrected chi connectivity index (χ0v) is 18.4. The van der Waals surface area contributed by atoms with Gasteiger partial charge in [0.15, 0.2) is 0 Å². The van der Waals surface area contributed by atoms with Crippen LogP contribution in [0.3, 0.4) is 0 Å². The Labute approximate surface area is 191 Å². The monoisotopic (exact) mass is 455 g/mol. The van der Waals surface area contributed by atoms with Crippen molar-refractivity contribution in [3.8, 4) is 0 Å². The Kier molecular flexibility index (Phi) is 7.83. The molecule has 4 amide bonds. The van der Waals surface area contributed by atoms with Crippen LogP contribution in [0.4, 0.5) is 0 Å². The van der Waals surface area contributed by atoms with Crippen LogP contribution in [0.5, 0.6) is 0 Å². The fourth-order valence-electron chi connectivity index (χ4n) is 4.03. The molecule has 0 saturated carbocycles. The van der Waals surface area contributed by atoms with Crippen molar-refractivity contribution < 1.29 is 24.3 Å². The Balaban J connectivity index is 1.80. The second-order valence-corrected chi connectivity index (χ2v) is 8.12. The molecule has 1 aliphatic heterocycles. The number of likely N-dealkylation sites (tertiary alicyclic amines) is 1. The van der Waals surface area contributed by atoms with Gasteiger partial charge in [-0.2, -0.15) is 0 Å². The normalized spacial score (nSPS) is 18.9. The summed E-state index contributed by atoms with van der Waals surface area (Å²) < 4.78 is 1.67. The minimum absolute atomic E-state index is 0.143. The number of amides is 4. The third-order valence-electron chi connectivity index (χ3n) is 5.78. The Morgan fingerprint density at radius 1 is 1.15 bits per heavy atom. The van der Waals surface area contributed by atoms with Crippen molar-refractivity contribution in [3.05, 3.63) is 59.9 Å². The van der Waals surface area contributed by atoms with E-state index in [9.17, 15) is 19.2 Å². The number of hydrogen-bond acceptors (Lipinski definition) is 5. The zero-order valence-electron chi connectivity index (χ0n) is 18.4. The maximum atomic E-state index is 13.3. The number of hydrogen-bond donors (Lipinski definition) is 4. The Hall–Kier alpha value is -3.66. The molecule has 3 atom stereocenters. The summed E-state index contributed by atoms with van der Waals surface area (Å²) in [5.74, 6) is -2.09. The van der Waals surface area contributed by atoms with Gasteiger partial charge in [0.25, 0.3) is 5.91 Å². The summed E-state index contributed by atoms with van der Waals surface area (Å²) in [5, 5.41) is 14.4. The van der Waals surface area contributed by atoms with Gasteiger partial charge in [0, 0.05) is 32.3 Å². The number of carbonyl (C=O) groups excluding carboxylic acids is 4. The maximum Gasteiger partial charge on any atom is 0.271 e. The van der Waals surface area contributed by atoms with Crippen LogP contribution in [0, 0.1) is 0 Å². The SMILES string of the molecule is Cn1cccc1C(=O)N1CCC(NC(=O)CO)CC1C(=O)NC(Cc1ccccc1)C(N)=O. The highest BCUT2D eigenvalue weighted by Crippen LogP contribution is 2.21. The topological polar surface area (TPSA) is 147 Å². The van der Waals surface area contributed by atoms with Gasteiger partial charge in [0.05, 0.1) is 0 Å². The van der Waals surface area contributed by atoms with Crippen molar-refractivity contribution in [2.24, 2.45) is 12.8 Å². The van der Waals surface area contributed by atoms with E-state index in [4.69, 9.17) is 10.8 Å². The number of aromatic nitrogens is 1. The molecule has 1 aliphatic rings. The van der Waals surface area contributed by atoms with Crippen LogP contribution in [-0.4, -0.2) is 69.5 Å². The molecular weight excluding hydrogens is 426 g/mol. The Morgan fingerprint density at radius 2 is 1.88 bits per heavy atom. The number of aryl methyl sites for hydroxylation is 1. The molecule has 1 fully saturated rings. The van der Waals surface area contributed by atoms with Gasteiger partial charge in [-0.05, 0) is 30.5 Å². The first-order chi connectivity index (χ1) is 15.8. The van der Waals surface area contributed by atoms with Crippen molar-refractivity contribution in [2.75, 3.05) is 13.2 Å². The molecule has 3 rings (SSSR count). The highest BCUT2D eigenvalue weighted by Gasteiger charge is 2.38. The number of primary amides is 1. The van der Waals surface area contributed by atoms with Gasteiger partial charge in [-0.25, -0.2) is 0 Å². The fraction of sp³-hybridized carbons (Fsp3) is 0.391. The van der Waals surface area contributed by atoms with Crippen molar-refractivity contribution in [1.82, 2.24) is 20.1 Å². The van der Waals surface area contributed by atoms with Crippen molar-refractivity contribution in [1.29, 1.82) is 0 Å². The van der Waals surface area contributed by atoms with E-state index in [0.717, 1.165) is 5.56 Å². The lowest BCUT2D eigenvalue weighted by atomic mass is 9.95. The number of nitrogens with two attached hydrogens (primary N) is 1. The smallest absolute Gasteiger partial charge is 0.271 e. The Bertz CT molecular complexity index is 1010. The quantitative estimate of drug-likeness (QED) is 0.416. The minimum atomic E-state index is -0.959. The third kappa shape index (κ3) is 5.98. The largest absolute Gasteiger partial charge is 0.387 e. The summed E-state index contributed by atoms with van der Waals surface area (Å²) in [4.78, 5) is 51.7. The van der Waals surface area contributed by atoms with E-state index >= 15 is 0 Å². The van der Waals surface area contributed by atoms with Crippen molar-refractivity contribution >= 4 is 23.6 Å². The van der Waals surface area contributed by atoms with E-state index in [1.54, 1.807) is 29.9 Å². The number of benzene rings is 1. The van der Waals surface area contributed by atoms with Crippen LogP contribution in [0.15, 0.2) is 48.7 Å². The van der Waals surface area contributed by atoms with E-state index in [-0.39, 0.29) is 25.3 Å². The predicted octanol–water partition coefficient (Wildman–Crippen LogP) is -0.680. The van der Waals surface area contributed by atoms with Crippen molar-refractivity contribution in [2.45, 2.75) is 37.4 Å². The van der Waals surface area contributed by atoms with E-state index in [0.29, 0.717) is 12.1 Å². The molecule has 1 aromatic carbocycles. The highest BCUT2D eigenvalue weighted by molar-refractivity contribution is 5.97. The van der Waals surface area contributed by atoms with E-state index < -0.39 is 42.5 Å². The zero-order chi connectivity index (χ0) is 24.0. The molecule has 176 valence electrons. The van der Waals surface area contributed by atoms with Crippen LogP contribution in [0.1, 0.15) is 28.9 Å². The number of aliphatic hydroxyl groups excluding tert-OH is 1. The number of carbonyl (C=O) groups is 4. The summed E-state index contributed by atoms with van der Waals surface area (Å²) >= 11 is 0. The first-order valence-corrected chi connectivity index (χ1v) is 10.8. The number of nitrogens with one attached hydrogen (secondary N) is 2. The molecule has 5 N–H and O–H groups in total. The second-order valence-electron chi connectivity index (χ2n) is 8.12. The molecule has 3 unspecified atom stereocenters. The van der Waals surface area contributed by atoms with Gasteiger partial charge in [0.2, 0.25) is 17.7 Å². The number of rotatable bonds is 8. The minimum Gasteiger partial charge on any atom is -0.387 e. The molecule has 0 aliphatic carbocycles. The van der Waals surface area contributed by atoms with E-state index in [1.807, 2.05) is 30.3 Å². The average Bonchev–Trinajstić information content (AvgIpc) is 3.24. The van der Waals surface area contributed by atoms with Gasteiger partial charge in [-0.3, -0.25) is 19.2 Å². The molecule has 33 heavy (non-hydrogen) atoms. The summed E-state index contributed by atoms with van der Waals surface area (Å²) in [6.45, 7) is -0.446. The number of nitrogens with zero attached hydrogens (tertiary/aromatic N) is 2. The lowest BCUT2D eigenvalue weighted by molar-refractivity contribution is -0.132. The second kappa shape index (κ2) is 10.8. The standard InChI is InChI=1S/C23H29N5O5/c1-27-10-5-8-18(27)23(33)28-11-9-16(25-20(30)14-29)13-19(28)22(32)26-17(21(24)31)12-15-6-3-2-4-7-15/h2-8,10,16-17,19,29H,9,11-14H2,1H3,(H2,24,31)(H,25,30)(H,26,32). The summed E-state index contributed by atoms with van der Waals surface area (Å²) in [5.41, 5.74) is 6.79. The molecule has 10 nitrogen and oxygen atoms in total. The molecule has 0 bridgehead atoms. The van der Waals surface area contributed by atoms with Crippen LogP contribution in [0.2, 0.25) is 0 Å². The summed E-state index contributed by atoms with van der Waals surface area (Å²) in [7, 11) is 1.74. The molecular formula is C23H29N5O5. The molecule has 0 radical (unpaired) electrons. The van der Waals surface area contributed by atoms with Crippen LogP contribution in [-0.2, 0) is 27.9 Å². The third-order valence-corrected chi connectivity index (χ3v) is 5.78. The predicted molar refractivity (Wildman–Crippen MR) is 120 cm³/mol. The summed E-state index contributed by atoms with van der Waals surface area (Å²) in [6, 6.07) is 10.3. The number of piperidine rings is 1. The van der Waals surface area contributed by atoms with Crippen molar-refractivity contribution in [3.63, 3.8) is 0 Å². The van der Waals surface area contributed by atoms with Gasteiger partial charge in [-0.15, -0.1) is 0 Å². The van der Waals surface area contributed by atoms with Crippen LogP contribution < -0.4 is 16.4 Å². The molecule has 0 spiro atoms. The Morgan fingerprint density at radius 3 is 2.48 bits per heavy atom. The van der Waals surface area contributed by atoms with Crippen LogP contribution in [0.25, 0.3) is 0 Å². The molecule has 1 aromatic heterocycles. The number of aliphatic hydroxyl groups is 1. The highest BCUT2D eigenvalue weighted by atomic mass is 16.3. The molecule has 2 aromatic rings. The molecule has 2 heterocycles. The van der Waals surface area contributed by atoms with Gasteiger partial charge >= 0.3 is 0 Å². The van der Waals surface area contributed by atoms with Gasteiger partial charge < -0.3 is 30.9 Å². The van der Waals surface area contributed by atoms with Crippen LogP contribution >= 0.6 is 0 Å². The van der Waals surface area contributed by atoms with E-state index in [2.05, 4.69) is 10.6 Å². The maximum absolute atomic E-state index is 13.3. The average molecular weight is 456 g/mol. The molecule has 1 saturated heterocycles. The summed E-state index contributed by atoms with van der Waals surface area (Å²) in [6.07, 6.45) is 2.52. The first kappa shape index (κ1) is 24.0. The fourth-order valence-corrected chi connectivity index (χ4v) is 4.03. The van der Waals surface area contributed by atoms with Gasteiger partial charge in [0.1, 0.15) is 24.4 Å². The molecule has 10 heteroatoms. The lowest BCUT2D eigenvalue weighted by Gasteiger charge is -2.39. The van der Waals surface area contributed by atoms with E-state index in [1.165, 1.54) is 4.90 Å². The van der Waals surface area contributed by atoms with Gasteiger partial charge in [-0.1, -0.05) is 30.3 Å². The first-order valence-electron chi connectivity index (χ1n) is 10.8.